The summed E-state index contributed by atoms with van der Waals surface area (Å²) in [5, 5.41) is 12.6. The highest BCUT2D eigenvalue weighted by Crippen LogP contribution is 2.13. The molecule has 0 saturated heterocycles. The molecule has 0 aliphatic heterocycles. The van der Waals surface area contributed by atoms with E-state index in [0.717, 1.165) is 5.56 Å². The molecule has 2 unspecified atom stereocenters. The number of rotatable bonds is 7. The number of ether oxygens (including phenoxy) is 4. The molecule has 1 rings (SSSR count). The average Bonchev–Trinajstić information content (AvgIpc) is 2.57. The SMILES string of the molecule is CC(C)(C)OC(=O)NC(CC(=O)OCc1ccccc1)C(O)OC(=O)OC(C)(C)C. The van der Waals surface area contributed by atoms with Crippen molar-refractivity contribution in [3.8, 4) is 0 Å². The number of benzene rings is 1. The number of aliphatic hydroxyl groups is 1. The minimum atomic E-state index is -1.86. The van der Waals surface area contributed by atoms with Gasteiger partial charge < -0.3 is 29.4 Å². The van der Waals surface area contributed by atoms with Gasteiger partial charge in [0.2, 0.25) is 6.29 Å². The first-order valence-electron chi connectivity index (χ1n) is 9.52. The molecule has 0 spiro atoms. The summed E-state index contributed by atoms with van der Waals surface area (Å²) in [4.78, 5) is 36.1. The van der Waals surface area contributed by atoms with Gasteiger partial charge in [0, 0.05) is 0 Å². The Kier molecular flexibility index (Phi) is 9.10. The summed E-state index contributed by atoms with van der Waals surface area (Å²) >= 11 is 0. The van der Waals surface area contributed by atoms with E-state index in [-0.39, 0.29) is 6.61 Å². The Bertz CT molecular complexity index is 706. The normalized spacial score (nSPS) is 13.6. The average molecular weight is 425 g/mol. The molecule has 2 atom stereocenters. The van der Waals surface area contributed by atoms with Crippen molar-refractivity contribution in [1.82, 2.24) is 5.32 Å². The number of esters is 1. The maximum Gasteiger partial charge on any atom is 0.511 e. The Labute approximate surface area is 176 Å². The van der Waals surface area contributed by atoms with Gasteiger partial charge in [-0.05, 0) is 47.1 Å². The van der Waals surface area contributed by atoms with Crippen LogP contribution in [0.1, 0.15) is 53.5 Å². The zero-order valence-corrected chi connectivity index (χ0v) is 18.3. The smallest absolute Gasteiger partial charge is 0.461 e. The molecular weight excluding hydrogens is 394 g/mol. The van der Waals surface area contributed by atoms with Crippen LogP contribution in [0.25, 0.3) is 0 Å². The molecule has 0 aliphatic rings. The van der Waals surface area contributed by atoms with Crippen LogP contribution in [0.3, 0.4) is 0 Å². The van der Waals surface area contributed by atoms with E-state index in [0.29, 0.717) is 0 Å². The van der Waals surface area contributed by atoms with Gasteiger partial charge in [0.25, 0.3) is 0 Å². The molecule has 0 aromatic heterocycles. The van der Waals surface area contributed by atoms with Crippen LogP contribution in [0.15, 0.2) is 30.3 Å². The highest BCUT2D eigenvalue weighted by molar-refractivity contribution is 5.73. The number of aliphatic hydroxyl groups excluding tert-OH is 1. The third-order valence-electron chi connectivity index (χ3n) is 3.28. The van der Waals surface area contributed by atoms with E-state index in [1.165, 1.54) is 0 Å². The summed E-state index contributed by atoms with van der Waals surface area (Å²) in [6.45, 7) is 9.85. The topological polar surface area (TPSA) is 120 Å². The van der Waals surface area contributed by atoms with Crippen molar-refractivity contribution >= 4 is 18.2 Å². The molecule has 0 heterocycles. The lowest BCUT2D eigenvalue weighted by atomic mass is 10.2. The number of hydrogen-bond acceptors (Lipinski definition) is 8. The maximum absolute atomic E-state index is 12.2. The fourth-order valence-electron chi connectivity index (χ4n) is 2.11. The summed E-state index contributed by atoms with van der Waals surface area (Å²) in [7, 11) is 0. The Morgan fingerprint density at radius 3 is 2.07 bits per heavy atom. The van der Waals surface area contributed by atoms with E-state index in [9.17, 15) is 19.5 Å². The van der Waals surface area contributed by atoms with Gasteiger partial charge in [-0.15, -0.1) is 0 Å². The number of amides is 1. The fraction of sp³-hybridized carbons (Fsp3) is 0.571. The maximum atomic E-state index is 12.2. The van der Waals surface area contributed by atoms with Crippen LogP contribution in [0.2, 0.25) is 0 Å². The van der Waals surface area contributed by atoms with E-state index < -0.39 is 48.2 Å². The minimum absolute atomic E-state index is 0.0157. The molecule has 1 amide bonds. The number of alkyl carbamates (subject to hydrolysis) is 1. The van der Waals surface area contributed by atoms with Crippen LogP contribution in [0.4, 0.5) is 9.59 Å². The van der Waals surface area contributed by atoms with Crippen molar-refractivity contribution in [1.29, 1.82) is 0 Å². The largest absolute Gasteiger partial charge is 0.511 e. The Morgan fingerprint density at radius 2 is 1.53 bits per heavy atom. The van der Waals surface area contributed by atoms with Gasteiger partial charge in [0.1, 0.15) is 23.9 Å². The molecule has 168 valence electrons. The van der Waals surface area contributed by atoms with Crippen LogP contribution < -0.4 is 5.32 Å². The molecule has 2 N–H and O–H groups in total. The van der Waals surface area contributed by atoms with Gasteiger partial charge in [0.15, 0.2) is 0 Å². The van der Waals surface area contributed by atoms with E-state index >= 15 is 0 Å². The lowest BCUT2D eigenvalue weighted by molar-refractivity contribution is -0.151. The molecule has 1 aromatic carbocycles. The van der Waals surface area contributed by atoms with E-state index in [1.54, 1.807) is 65.8 Å². The van der Waals surface area contributed by atoms with Crippen molar-refractivity contribution < 1.29 is 38.4 Å². The predicted molar refractivity (Wildman–Crippen MR) is 107 cm³/mol. The number of nitrogens with one attached hydrogen (secondary N) is 1. The highest BCUT2D eigenvalue weighted by atomic mass is 16.8. The Hall–Kier alpha value is -2.81. The molecule has 0 radical (unpaired) electrons. The van der Waals surface area contributed by atoms with Crippen molar-refractivity contribution in [2.75, 3.05) is 0 Å². The predicted octanol–water partition coefficient (Wildman–Crippen LogP) is 3.28. The summed E-state index contributed by atoms with van der Waals surface area (Å²) in [6, 6.07) is 7.68. The fourth-order valence-corrected chi connectivity index (χ4v) is 2.11. The lowest BCUT2D eigenvalue weighted by Crippen LogP contribution is -2.48. The number of carbonyl (C=O) groups is 3. The van der Waals surface area contributed by atoms with Crippen LogP contribution in [-0.4, -0.2) is 46.9 Å². The van der Waals surface area contributed by atoms with Gasteiger partial charge in [-0.3, -0.25) is 4.79 Å². The highest BCUT2D eigenvalue weighted by Gasteiger charge is 2.31. The van der Waals surface area contributed by atoms with Crippen LogP contribution in [0.5, 0.6) is 0 Å². The van der Waals surface area contributed by atoms with Crippen LogP contribution in [0, 0.1) is 0 Å². The van der Waals surface area contributed by atoms with E-state index in [4.69, 9.17) is 18.9 Å². The van der Waals surface area contributed by atoms with Crippen LogP contribution >= 0.6 is 0 Å². The minimum Gasteiger partial charge on any atom is -0.461 e. The summed E-state index contributed by atoms with van der Waals surface area (Å²) in [5.41, 5.74) is -0.882. The summed E-state index contributed by atoms with van der Waals surface area (Å²) in [6.07, 6.45) is -4.37. The molecule has 9 heteroatoms. The molecule has 9 nitrogen and oxygen atoms in total. The zero-order chi connectivity index (χ0) is 22.9. The van der Waals surface area contributed by atoms with Gasteiger partial charge in [-0.25, -0.2) is 9.59 Å². The first-order valence-corrected chi connectivity index (χ1v) is 9.52. The summed E-state index contributed by atoms with van der Waals surface area (Å²) in [5.74, 6) is -0.716. The van der Waals surface area contributed by atoms with Gasteiger partial charge in [-0.2, -0.15) is 0 Å². The van der Waals surface area contributed by atoms with Crippen LogP contribution in [-0.2, 0) is 30.3 Å². The van der Waals surface area contributed by atoms with Gasteiger partial charge in [-0.1, -0.05) is 30.3 Å². The second kappa shape index (κ2) is 10.8. The first kappa shape index (κ1) is 25.2. The van der Waals surface area contributed by atoms with Crippen molar-refractivity contribution in [2.24, 2.45) is 0 Å². The number of carbonyl (C=O) groups excluding carboxylic acids is 3. The molecule has 0 fully saturated rings. The van der Waals surface area contributed by atoms with E-state index in [2.05, 4.69) is 5.32 Å². The second-order valence-electron chi connectivity index (χ2n) is 8.58. The van der Waals surface area contributed by atoms with Crippen molar-refractivity contribution in [3.63, 3.8) is 0 Å². The third kappa shape index (κ3) is 11.3. The van der Waals surface area contributed by atoms with Crippen molar-refractivity contribution in [3.05, 3.63) is 35.9 Å². The molecule has 0 aliphatic carbocycles. The molecule has 30 heavy (non-hydrogen) atoms. The molecular formula is C21H31NO8. The molecule has 0 bridgehead atoms. The Balaban J connectivity index is 2.76. The van der Waals surface area contributed by atoms with Gasteiger partial charge >= 0.3 is 18.2 Å². The quantitative estimate of drug-likeness (QED) is 0.388. The first-order chi connectivity index (χ1) is 13.7. The standard InChI is InChI=1S/C21H31NO8/c1-20(2,3)29-18(25)22-15(17(24)28-19(26)30-21(4,5)6)12-16(23)27-13-14-10-8-7-9-11-14/h7-11,15,17,24H,12-13H2,1-6H3,(H,22,25). The lowest BCUT2D eigenvalue weighted by Gasteiger charge is -2.27. The monoisotopic (exact) mass is 425 g/mol. The molecule has 1 aromatic rings. The zero-order valence-electron chi connectivity index (χ0n) is 18.3. The molecule has 0 saturated carbocycles. The Morgan fingerprint density at radius 1 is 0.967 bits per heavy atom. The van der Waals surface area contributed by atoms with E-state index in [1.807, 2.05) is 6.07 Å². The van der Waals surface area contributed by atoms with Crippen molar-refractivity contribution in [2.45, 2.75) is 78.1 Å². The second-order valence-corrected chi connectivity index (χ2v) is 8.58. The third-order valence-corrected chi connectivity index (χ3v) is 3.28. The van der Waals surface area contributed by atoms with Gasteiger partial charge in [0.05, 0.1) is 6.42 Å². The number of hydrogen-bond donors (Lipinski definition) is 2. The summed E-state index contributed by atoms with van der Waals surface area (Å²) < 4.78 is 20.1.